The van der Waals surface area contributed by atoms with E-state index in [9.17, 15) is 9.59 Å². The molecule has 0 unspecified atom stereocenters. The fourth-order valence-corrected chi connectivity index (χ4v) is 1.95. The van der Waals surface area contributed by atoms with Gasteiger partial charge in [-0.25, -0.2) is 4.68 Å². The second-order valence-corrected chi connectivity index (χ2v) is 4.77. The highest BCUT2D eigenvalue weighted by atomic mass is 35.5. The molecular formula is C14H15ClN4O2. The Bertz CT molecular complexity index is 699. The van der Waals surface area contributed by atoms with Crippen LogP contribution in [-0.2, 0) is 11.3 Å². The number of amides is 1. The molecule has 2 rings (SSSR count). The lowest BCUT2D eigenvalue weighted by Crippen LogP contribution is -2.29. The van der Waals surface area contributed by atoms with Crippen molar-refractivity contribution in [3.8, 4) is 0 Å². The molecule has 1 aromatic heterocycles. The van der Waals surface area contributed by atoms with Crippen molar-refractivity contribution in [3.63, 3.8) is 0 Å². The molecule has 7 heteroatoms. The first-order chi connectivity index (χ1) is 10.1. The number of carbonyl (C=O) groups is 1. The lowest BCUT2D eigenvalue weighted by atomic mass is 10.3. The molecule has 0 fully saturated rings. The van der Waals surface area contributed by atoms with Crippen molar-refractivity contribution in [2.45, 2.75) is 13.5 Å². The third kappa shape index (κ3) is 4.32. The molecule has 0 atom stereocenters. The zero-order valence-corrected chi connectivity index (χ0v) is 12.2. The number of hydrogen-bond acceptors (Lipinski definition) is 4. The summed E-state index contributed by atoms with van der Waals surface area (Å²) in [6.07, 6.45) is 1.51. The monoisotopic (exact) mass is 306 g/mol. The normalized spacial score (nSPS) is 10.2. The van der Waals surface area contributed by atoms with E-state index in [4.69, 9.17) is 11.6 Å². The number of carbonyl (C=O) groups excluding carboxylic acids is 1. The largest absolute Gasteiger partial charge is 0.384 e. The minimum Gasteiger partial charge on any atom is -0.384 e. The van der Waals surface area contributed by atoms with E-state index in [1.807, 2.05) is 6.92 Å². The summed E-state index contributed by atoms with van der Waals surface area (Å²) in [7, 11) is 0. The van der Waals surface area contributed by atoms with E-state index in [2.05, 4.69) is 15.7 Å². The van der Waals surface area contributed by atoms with Crippen molar-refractivity contribution in [1.29, 1.82) is 0 Å². The molecule has 0 saturated heterocycles. The van der Waals surface area contributed by atoms with Crippen LogP contribution in [0, 0.1) is 0 Å². The fourth-order valence-electron chi connectivity index (χ4n) is 1.76. The molecule has 0 aliphatic carbocycles. The summed E-state index contributed by atoms with van der Waals surface area (Å²) >= 11 is 5.84. The van der Waals surface area contributed by atoms with Crippen LogP contribution in [0.2, 0.25) is 5.02 Å². The maximum Gasteiger partial charge on any atom is 0.269 e. The van der Waals surface area contributed by atoms with Gasteiger partial charge in [0.25, 0.3) is 5.56 Å². The Morgan fingerprint density at radius 1 is 1.33 bits per heavy atom. The number of rotatable bonds is 5. The molecule has 2 N–H and O–H groups in total. The van der Waals surface area contributed by atoms with Crippen molar-refractivity contribution < 1.29 is 4.79 Å². The first-order valence-corrected chi connectivity index (χ1v) is 6.82. The molecular weight excluding hydrogens is 292 g/mol. The lowest BCUT2D eigenvalue weighted by Gasteiger charge is -2.08. The van der Waals surface area contributed by atoms with Crippen LogP contribution in [-0.4, -0.2) is 22.2 Å². The maximum absolute atomic E-state index is 11.9. The van der Waals surface area contributed by atoms with Crippen LogP contribution in [0.3, 0.4) is 0 Å². The van der Waals surface area contributed by atoms with Crippen LogP contribution >= 0.6 is 11.6 Å². The average molecular weight is 307 g/mol. The van der Waals surface area contributed by atoms with E-state index in [1.165, 1.54) is 12.3 Å². The molecule has 110 valence electrons. The number of nitrogens with one attached hydrogen (secondary N) is 2. The molecule has 1 aromatic carbocycles. The first-order valence-electron chi connectivity index (χ1n) is 6.45. The summed E-state index contributed by atoms with van der Waals surface area (Å²) in [5, 5.41) is 10.1. The van der Waals surface area contributed by atoms with Crippen LogP contribution in [0.25, 0.3) is 0 Å². The molecule has 0 aliphatic rings. The van der Waals surface area contributed by atoms with Gasteiger partial charge in [-0.2, -0.15) is 5.10 Å². The minimum atomic E-state index is -0.344. The summed E-state index contributed by atoms with van der Waals surface area (Å²) in [5.74, 6) is -0.344. The van der Waals surface area contributed by atoms with Gasteiger partial charge >= 0.3 is 0 Å². The number of aromatic nitrogens is 2. The SMILES string of the molecule is CCNc1cnn(CC(=O)Nc2cccc(Cl)c2)c(=O)c1. The van der Waals surface area contributed by atoms with Gasteiger partial charge in [-0.3, -0.25) is 9.59 Å². The van der Waals surface area contributed by atoms with Gasteiger partial charge in [0, 0.05) is 23.3 Å². The molecule has 1 amide bonds. The summed E-state index contributed by atoms with van der Waals surface area (Å²) < 4.78 is 1.10. The summed E-state index contributed by atoms with van der Waals surface area (Å²) in [5.41, 5.74) is 0.869. The Kier molecular flexibility index (Phi) is 4.94. The Balaban J connectivity index is 2.04. The molecule has 2 aromatic rings. The van der Waals surface area contributed by atoms with E-state index >= 15 is 0 Å². The molecule has 0 spiro atoms. The van der Waals surface area contributed by atoms with Gasteiger partial charge in [0.1, 0.15) is 6.54 Å². The molecule has 0 aliphatic heterocycles. The van der Waals surface area contributed by atoms with Crippen molar-refractivity contribution >= 4 is 28.9 Å². The van der Waals surface area contributed by atoms with Crippen LogP contribution in [0.15, 0.2) is 41.3 Å². The van der Waals surface area contributed by atoms with Gasteiger partial charge < -0.3 is 10.6 Å². The van der Waals surface area contributed by atoms with Crippen molar-refractivity contribution in [1.82, 2.24) is 9.78 Å². The van der Waals surface area contributed by atoms with Crippen molar-refractivity contribution in [3.05, 3.63) is 51.9 Å². The molecule has 0 saturated carbocycles. The number of halogens is 1. The van der Waals surface area contributed by atoms with Gasteiger partial charge in [-0.05, 0) is 25.1 Å². The highest BCUT2D eigenvalue weighted by Crippen LogP contribution is 2.14. The van der Waals surface area contributed by atoms with Gasteiger partial charge in [0.05, 0.1) is 11.9 Å². The highest BCUT2D eigenvalue weighted by molar-refractivity contribution is 6.30. The van der Waals surface area contributed by atoms with Crippen LogP contribution in [0.1, 0.15) is 6.92 Å². The second-order valence-electron chi connectivity index (χ2n) is 4.33. The van der Waals surface area contributed by atoms with Crippen molar-refractivity contribution in [2.24, 2.45) is 0 Å². The smallest absolute Gasteiger partial charge is 0.269 e. The quantitative estimate of drug-likeness (QED) is 0.885. The Morgan fingerprint density at radius 2 is 2.14 bits per heavy atom. The minimum absolute atomic E-state index is 0.155. The summed E-state index contributed by atoms with van der Waals surface area (Å²) in [4.78, 5) is 23.7. The number of anilines is 2. The van der Waals surface area contributed by atoms with E-state index in [0.717, 1.165) is 4.68 Å². The van der Waals surface area contributed by atoms with Gasteiger partial charge in [-0.15, -0.1) is 0 Å². The third-order valence-electron chi connectivity index (χ3n) is 2.65. The molecule has 0 bridgehead atoms. The number of hydrogen-bond donors (Lipinski definition) is 2. The van der Waals surface area contributed by atoms with Gasteiger partial charge in [-0.1, -0.05) is 17.7 Å². The van der Waals surface area contributed by atoms with Crippen LogP contribution in [0.5, 0.6) is 0 Å². The Morgan fingerprint density at radius 3 is 2.81 bits per heavy atom. The summed E-state index contributed by atoms with van der Waals surface area (Å²) in [6.45, 7) is 2.46. The van der Waals surface area contributed by atoms with E-state index in [0.29, 0.717) is 22.9 Å². The Hall–Kier alpha value is -2.34. The lowest BCUT2D eigenvalue weighted by molar-refractivity contribution is -0.117. The summed E-state index contributed by atoms with van der Waals surface area (Å²) in [6, 6.07) is 8.19. The fraction of sp³-hybridized carbons (Fsp3) is 0.214. The van der Waals surface area contributed by atoms with E-state index in [1.54, 1.807) is 24.3 Å². The van der Waals surface area contributed by atoms with Gasteiger partial charge in [0.2, 0.25) is 5.91 Å². The maximum atomic E-state index is 11.9. The third-order valence-corrected chi connectivity index (χ3v) is 2.89. The van der Waals surface area contributed by atoms with Crippen LogP contribution < -0.4 is 16.2 Å². The Labute approximate surface area is 126 Å². The zero-order valence-electron chi connectivity index (χ0n) is 11.5. The molecule has 6 nitrogen and oxygen atoms in total. The highest BCUT2D eigenvalue weighted by Gasteiger charge is 2.07. The molecule has 1 heterocycles. The van der Waals surface area contributed by atoms with Gasteiger partial charge in [0.15, 0.2) is 0 Å². The predicted molar refractivity (Wildman–Crippen MR) is 82.7 cm³/mol. The number of benzene rings is 1. The molecule has 21 heavy (non-hydrogen) atoms. The zero-order chi connectivity index (χ0) is 15.2. The second kappa shape index (κ2) is 6.90. The average Bonchev–Trinajstić information content (AvgIpc) is 2.42. The van der Waals surface area contributed by atoms with Crippen LogP contribution in [0.4, 0.5) is 11.4 Å². The van der Waals surface area contributed by atoms with E-state index < -0.39 is 0 Å². The predicted octanol–water partition coefficient (Wildman–Crippen LogP) is 1.97. The molecule has 0 radical (unpaired) electrons. The van der Waals surface area contributed by atoms with Crippen molar-refractivity contribution in [2.75, 3.05) is 17.2 Å². The first kappa shape index (κ1) is 15.1. The topological polar surface area (TPSA) is 76.0 Å². The number of nitrogens with zero attached hydrogens (tertiary/aromatic N) is 2. The standard InChI is InChI=1S/C14H15ClN4O2/c1-2-16-12-7-14(21)19(17-8-12)9-13(20)18-11-5-3-4-10(15)6-11/h3-8,16H,2,9H2,1H3,(H,18,20). The van der Waals surface area contributed by atoms with E-state index in [-0.39, 0.29) is 18.0 Å².